The third-order valence-electron chi connectivity index (χ3n) is 4.34. The summed E-state index contributed by atoms with van der Waals surface area (Å²) in [4.78, 5) is 21.6. The minimum Gasteiger partial charge on any atom is -0.343 e. The first-order valence-corrected chi connectivity index (χ1v) is 8.00. The molecule has 104 valence electrons. The number of aldehydes is 1. The summed E-state index contributed by atoms with van der Waals surface area (Å²) in [5, 5.41) is 1.04. The number of carbonyl (C=O) groups is 1. The molecule has 0 aromatic carbocycles. The molecule has 3 heterocycles. The van der Waals surface area contributed by atoms with Crippen molar-refractivity contribution in [3.8, 4) is 0 Å². The number of thiazole rings is 1. The molecule has 1 aromatic heterocycles. The van der Waals surface area contributed by atoms with E-state index in [1.165, 1.54) is 19.4 Å². The van der Waals surface area contributed by atoms with Gasteiger partial charge in [0.05, 0.1) is 10.6 Å². The minimum atomic E-state index is 0.490. The molecule has 0 amide bonds. The molecule has 4 nitrogen and oxygen atoms in total. The number of carbonyl (C=O) groups excluding carboxylic acids is 1. The van der Waals surface area contributed by atoms with E-state index in [0.29, 0.717) is 12.1 Å². The summed E-state index contributed by atoms with van der Waals surface area (Å²) in [7, 11) is 0. The molecule has 5 heteroatoms. The number of fused-ring (bicyclic) bond motifs is 1. The monoisotopic (exact) mass is 279 g/mol. The lowest BCUT2D eigenvalue weighted by atomic mass is 10.1. The van der Waals surface area contributed by atoms with Crippen molar-refractivity contribution in [3.63, 3.8) is 0 Å². The van der Waals surface area contributed by atoms with Gasteiger partial charge in [-0.05, 0) is 32.7 Å². The van der Waals surface area contributed by atoms with Crippen molar-refractivity contribution in [1.82, 2.24) is 9.88 Å². The Morgan fingerprint density at radius 2 is 2.32 bits per heavy atom. The second-order valence-corrected chi connectivity index (χ2v) is 6.58. The highest BCUT2D eigenvalue weighted by molar-refractivity contribution is 7.17. The summed E-state index contributed by atoms with van der Waals surface area (Å²) < 4.78 is 0. The summed E-state index contributed by atoms with van der Waals surface area (Å²) in [5.74, 6) is 0. The third kappa shape index (κ3) is 2.30. The maximum Gasteiger partial charge on any atom is 0.186 e. The van der Waals surface area contributed by atoms with Gasteiger partial charge in [-0.15, -0.1) is 0 Å². The Labute approximate surface area is 118 Å². The van der Waals surface area contributed by atoms with E-state index in [2.05, 4.69) is 28.6 Å². The lowest BCUT2D eigenvalue weighted by Gasteiger charge is -2.42. The smallest absolute Gasteiger partial charge is 0.186 e. The number of nitrogens with zero attached hydrogens (tertiary/aromatic N) is 3. The summed E-state index contributed by atoms with van der Waals surface area (Å²) >= 11 is 1.56. The Morgan fingerprint density at radius 1 is 1.47 bits per heavy atom. The lowest BCUT2D eigenvalue weighted by Crippen LogP contribution is -2.55. The number of aryl methyl sites for hydroxylation is 1. The Balaban J connectivity index is 1.84. The van der Waals surface area contributed by atoms with Gasteiger partial charge in [0.2, 0.25) is 0 Å². The summed E-state index contributed by atoms with van der Waals surface area (Å²) in [5.41, 5.74) is 0.955. The Morgan fingerprint density at radius 3 is 3.00 bits per heavy atom. The van der Waals surface area contributed by atoms with Crippen LogP contribution in [0.3, 0.4) is 0 Å². The first kappa shape index (κ1) is 13.1. The van der Waals surface area contributed by atoms with Crippen LogP contribution in [-0.2, 0) is 6.42 Å². The van der Waals surface area contributed by atoms with Crippen LogP contribution in [0.1, 0.15) is 42.1 Å². The van der Waals surface area contributed by atoms with Crippen LogP contribution in [0.5, 0.6) is 0 Å². The van der Waals surface area contributed by atoms with E-state index in [-0.39, 0.29) is 0 Å². The predicted molar refractivity (Wildman–Crippen MR) is 78.3 cm³/mol. The number of anilines is 1. The van der Waals surface area contributed by atoms with Crippen molar-refractivity contribution < 1.29 is 4.79 Å². The van der Waals surface area contributed by atoms with Gasteiger partial charge in [0.15, 0.2) is 11.4 Å². The molecule has 0 radical (unpaired) electrons. The molecule has 2 aliphatic heterocycles. The van der Waals surface area contributed by atoms with Crippen LogP contribution < -0.4 is 4.90 Å². The van der Waals surface area contributed by atoms with Crippen LogP contribution in [0.15, 0.2) is 0 Å². The van der Waals surface area contributed by atoms with Crippen LogP contribution in [0.4, 0.5) is 5.13 Å². The highest BCUT2D eigenvalue weighted by atomic mass is 32.1. The van der Waals surface area contributed by atoms with Crippen molar-refractivity contribution in [2.24, 2.45) is 0 Å². The van der Waals surface area contributed by atoms with E-state index in [1.54, 1.807) is 11.3 Å². The summed E-state index contributed by atoms with van der Waals surface area (Å²) in [6.45, 7) is 7.77. The van der Waals surface area contributed by atoms with Gasteiger partial charge in [0.25, 0.3) is 0 Å². The maximum atomic E-state index is 11.1. The molecule has 2 saturated heterocycles. The fourth-order valence-corrected chi connectivity index (χ4v) is 4.35. The molecule has 0 aliphatic carbocycles. The Kier molecular flexibility index (Phi) is 3.58. The van der Waals surface area contributed by atoms with E-state index < -0.39 is 0 Å². The minimum absolute atomic E-state index is 0.490. The SMILES string of the molecule is CCc1nc(N2CC3CCCN3CC2C)sc1C=O. The molecular formula is C14H21N3OS. The average Bonchev–Trinajstić information content (AvgIpc) is 3.02. The van der Waals surface area contributed by atoms with Crippen molar-refractivity contribution in [2.45, 2.75) is 45.2 Å². The second kappa shape index (κ2) is 5.21. The van der Waals surface area contributed by atoms with Crippen molar-refractivity contribution >= 4 is 22.8 Å². The van der Waals surface area contributed by atoms with Crippen LogP contribution in [0.2, 0.25) is 0 Å². The van der Waals surface area contributed by atoms with Crippen molar-refractivity contribution in [1.29, 1.82) is 0 Å². The van der Waals surface area contributed by atoms with E-state index in [1.807, 2.05) is 0 Å². The van der Waals surface area contributed by atoms with E-state index in [9.17, 15) is 4.79 Å². The van der Waals surface area contributed by atoms with Crippen LogP contribution in [-0.4, -0.2) is 47.9 Å². The molecule has 0 bridgehead atoms. The molecule has 2 unspecified atom stereocenters. The van der Waals surface area contributed by atoms with Gasteiger partial charge in [-0.3, -0.25) is 9.69 Å². The zero-order chi connectivity index (χ0) is 13.4. The fraction of sp³-hybridized carbons (Fsp3) is 0.714. The molecule has 19 heavy (non-hydrogen) atoms. The highest BCUT2D eigenvalue weighted by Gasteiger charge is 2.35. The molecular weight excluding hydrogens is 258 g/mol. The number of hydrogen-bond acceptors (Lipinski definition) is 5. The largest absolute Gasteiger partial charge is 0.343 e. The van der Waals surface area contributed by atoms with E-state index in [0.717, 1.165) is 41.5 Å². The van der Waals surface area contributed by atoms with E-state index >= 15 is 0 Å². The number of piperazine rings is 1. The van der Waals surface area contributed by atoms with Gasteiger partial charge in [0.1, 0.15) is 0 Å². The normalized spacial score (nSPS) is 27.6. The van der Waals surface area contributed by atoms with Crippen molar-refractivity contribution in [3.05, 3.63) is 10.6 Å². The van der Waals surface area contributed by atoms with Crippen LogP contribution in [0, 0.1) is 0 Å². The van der Waals surface area contributed by atoms with Gasteiger partial charge in [-0.1, -0.05) is 18.3 Å². The van der Waals surface area contributed by atoms with Gasteiger partial charge < -0.3 is 4.90 Å². The number of hydrogen-bond donors (Lipinski definition) is 0. The quantitative estimate of drug-likeness (QED) is 0.795. The zero-order valence-electron chi connectivity index (χ0n) is 11.6. The molecule has 2 fully saturated rings. The van der Waals surface area contributed by atoms with Crippen LogP contribution >= 0.6 is 11.3 Å². The molecule has 3 rings (SSSR count). The van der Waals surface area contributed by atoms with Gasteiger partial charge in [-0.25, -0.2) is 4.98 Å². The zero-order valence-corrected chi connectivity index (χ0v) is 12.4. The van der Waals surface area contributed by atoms with Gasteiger partial charge >= 0.3 is 0 Å². The van der Waals surface area contributed by atoms with Gasteiger partial charge in [0, 0.05) is 25.2 Å². The third-order valence-corrected chi connectivity index (χ3v) is 5.40. The topological polar surface area (TPSA) is 36.4 Å². The first-order chi connectivity index (χ1) is 9.22. The average molecular weight is 279 g/mol. The van der Waals surface area contributed by atoms with Crippen molar-refractivity contribution in [2.75, 3.05) is 24.5 Å². The molecule has 1 aromatic rings. The second-order valence-electron chi connectivity index (χ2n) is 5.57. The highest BCUT2D eigenvalue weighted by Crippen LogP contribution is 2.32. The maximum absolute atomic E-state index is 11.1. The summed E-state index contributed by atoms with van der Waals surface area (Å²) in [6.07, 6.45) is 4.41. The number of rotatable bonds is 3. The summed E-state index contributed by atoms with van der Waals surface area (Å²) in [6, 6.07) is 1.18. The molecule has 0 saturated carbocycles. The number of aromatic nitrogens is 1. The first-order valence-electron chi connectivity index (χ1n) is 7.18. The molecule has 0 N–H and O–H groups in total. The predicted octanol–water partition coefficient (Wildman–Crippen LogP) is 2.19. The van der Waals surface area contributed by atoms with Gasteiger partial charge in [-0.2, -0.15) is 0 Å². The Hall–Kier alpha value is -0.940. The standard InChI is InChI=1S/C14H21N3OS/c1-3-12-13(9-18)19-14(15-12)17-8-11-5-4-6-16(11)7-10(17)2/h9-11H,3-8H2,1-2H3. The lowest BCUT2D eigenvalue weighted by molar-refractivity contribution is 0.112. The molecule has 2 aliphatic rings. The van der Waals surface area contributed by atoms with E-state index in [4.69, 9.17) is 0 Å². The Bertz CT molecular complexity index is 473. The fourth-order valence-electron chi connectivity index (χ4n) is 3.27. The molecule has 2 atom stereocenters. The molecule has 0 spiro atoms. The van der Waals surface area contributed by atoms with Crippen LogP contribution in [0.25, 0.3) is 0 Å².